The van der Waals surface area contributed by atoms with E-state index in [1.807, 2.05) is 12.1 Å². The van der Waals surface area contributed by atoms with Crippen LogP contribution < -0.4 is 5.32 Å². The molecule has 1 N–H and O–H groups in total. The topological polar surface area (TPSA) is 24.9 Å². The molecule has 21 heavy (non-hydrogen) atoms. The quantitative estimate of drug-likeness (QED) is 0.898. The largest absolute Gasteiger partial charge is 0.312 e. The van der Waals surface area contributed by atoms with Gasteiger partial charge < -0.3 is 5.32 Å². The van der Waals surface area contributed by atoms with E-state index in [-0.39, 0.29) is 0 Å². The first-order chi connectivity index (χ1) is 10.2. The lowest BCUT2D eigenvalue weighted by Crippen LogP contribution is -2.21. The predicted molar refractivity (Wildman–Crippen MR) is 89.9 cm³/mol. The van der Waals surface area contributed by atoms with Gasteiger partial charge in [-0.05, 0) is 55.3 Å². The normalized spacial score (nSPS) is 14.7. The highest BCUT2D eigenvalue weighted by Gasteiger charge is 2.18. The standard InChI is InChI=1S/C18H23ClN2/c1-12(2)10-20-11-15-13-6-3-4-9-17(13)21-18-14(15)7-5-8-16(18)19/h5,7-8,12,20H,3-4,6,9-11H2,1-2H3. The van der Waals surface area contributed by atoms with Crippen LogP contribution in [0, 0.1) is 5.92 Å². The Bertz CT molecular complexity index is 649. The zero-order valence-electron chi connectivity index (χ0n) is 12.9. The first-order valence-electron chi connectivity index (χ1n) is 7.96. The van der Waals surface area contributed by atoms with Crippen molar-refractivity contribution in [3.05, 3.63) is 40.0 Å². The van der Waals surface area contributed by atoms with Crippen molar-refractivity contribution in [2.24, 2.45) is 5.92 Å². The van der Waals surface area contributed by atoms with Gasteiger partial charge in [-0.15, -0.1) is 0 Å². The number of benzene rings is 1. The molecular weight excluding hydrogens is 280 g/mol. The smallest absolute Gasteiger partial charge is 0.0894 e. The van der Waals surface area contributed by atoms with Crippen molar-refractivity contribution < 1.29 is 0 Å². The average Bonchev–Trinajstić information content (AvgIpc) is 2.47. The first-order valence-corrected chi connectivity index (χ1v) is 8.34. The molecule has 0 radical (unpaired) electrons. The fraction of sp³-hybridized carbons (Fsp3) is 0.500. The monoisotopic (exact) mass is 302 g/mol. The maximum absolute atomic E-state index is 6.37. The highest BCUT2D eigenvalue weighted by molar-refractivity contribution is 6.35. The number of nitrogens with zero attached hydrogens (tertiary/aromatic N) is 1. The lowest BCUT2D eigenvalue weighted by Gasteiger charge is -2.21. The lowest BCUT2D eigenvalue weighted by atomic mass is 9.89. The zero-order valence-corrected chi connectivity index (χ0v) is 13.6. The van der Waals surface area contributed by atoms with Gasteiger partial charge in [0.05, 0.1) is 10.5 Å². The minimum absolute atomic E-state index is 0.664. The summed E-state index contributed by atoms with van der Waals surface area (Å²) in [6.45, 7) is 6.44. The van der Waals surface area contributed by atoms with Gasteiger partial charge in [0, 0.05) is 17.6 Å². The third-order valence-electron chi connectivity index (χ3n) is 4.22. The number of fused-ring (bicyclic) bond motifs is 2. The number of halogens is 1. The van der Waals surface area contributed by atoms with Crippen molar-refractivity contribution in [2.75, 3.05) is 6.54 Å². The van der Waals surface area contributed by atoms with Crippen LogP contribution in [0.2, 0.25) is 5.02 Å². The summed E-state index contributed by atoms with van der Waals surface area (Å²) in [7, 11) is 0. The van der Waals surface area contributed by atoms with E-state index in [2.05, 4.69) is 25.2 Å². The van der Waals surface area contributed by atoms with Gasteiger partial charge in [0.1, 0.15) is 0 Å². The van der Waals surface area contributed by atoms with Gasteiger partial charge in [0.25, 0.3) is 0 Å². The van der Waals surface area contributed by atoms with Crippen LogP contribution in [0.4, 0.5) is 0 Å². The Morgan fingerprint density at radius 2 is 2.05 bits per heavy atom. The molecule has 0 saturated carbocycles. The molecule has 112 valence electrons. The molecular formula is C18H23ClN2. The molecule has 1 heterocycles. The summed E-state index contributed by atoms with van der Waals surface area (Å²) in [5.41, 5.74) is 5.12. The van der Waals surface area contributed by atoms with E-state index in [1.54, 1.807) is 0 Å². The number of aryl methyl sites for hydroxylation is 1. The minimum Gasteiger partial charge on any atom is -0.312 e. The Labute approximate surface area is 131 Å². The third kappa shape index (κ3) is 3.07. The summed E-state index contributed by atoms with van der Waals surface area (Å²) in [6, 6.07) is 6.14. The molecule has 0 amide bonds. The Morgan fingerprint density at radius 3 is 2.86 bits per heavy atom. The van der Waals surface area contributed by atoms with E-state index in [0.717, 1.165) is 36.5 Å². The van der Waals surface area contributed by atoms with Crippen LogP contribution in [0.3, 0.4) is 0 Å². The van der Waals surface area contributed by atoms with E-state index in [4.69, 9.17) is 16.6 Å². The Kier molecular flexibility index (Phi) is 4.46. The maximum Gasteiger partial charge on any atom is 0.0894 e. The molecule has 2 aromatic rings. The van der Waals surface area contributed by atoms with E-state index in [9.17, 15) is 0 Å². The van der Waals surface area contributed by atoms with E-state index < -0.39 is 0 Å². The van der Waals surface area contributed by atoms with Crippen LogP contribution >= 0.6 is 11.6 Å². The summed E-state index contributed by atoms with van der Waals surface area (Å²) in [5.74, 6) is 0.664. The molecule has 0 saturated heterocycles. The summed E-state index contributed by atoms with van der Waals surface area (Å²) in [6.07, 6.45) is 4.77. The highest BCUT2D eigenvalue weighted by atomic mass is 35.5. The molecule has 0 aliphatic heterocycles. The van der Waals surface area contributed by atoms with Crippen LogP contribution in [-0.4, -0.2) is 11.5 Å². The first kappa shape index (κ1) is 14.8. The molecule has 1 aromatic carbocycles. The average molecular weight is 303 g/mol. The molecule has 1 aliphatic carbocycles. The molecule has 1 aromatic heterocycles. The van der Waals surface area contributed by atoms with Gasteiger partial charge in [-0.2, -0.15) is 0 Å². The summed E-state index contributed by atoms with van der Waals surface area (Å²) < 4.78 is 0. The number of para-hydroxylation sites is 1. The van der Waals surface area contributed by atoms with Crippen molar-refractivity contribution in [2.45, 2.75) is 46.1 Å². The minimum atomic E-state index is 0.664. The summed E-state index contributed by atoms with van der Waals surface area (Å²) in [5, 5.41) is 5.58. The number of hydrogen-bond acceptors (Lipinski definition) is 2. The van der Waals surface area contributed by atoms with Crippen molar-refractivity contribution in [3.63, 3.8) is 0 Å². The number of aromatic nitrogens is 1. The molecule has 0 fully saturated rings. The van der Waals surface area contributed by atoms with Crippen LogP contribution in [0.15, 0.2) is 18.2 Å². The molecule has 2 nitrogen and oxygen atoms in total. The van der Waals surface area contributed by atoms with Gasteiger partial charge in [0.15, 0.2) is 0 Å². The van der Waals surface area contributed by atoms with E-state index >= 15 is 0 Å². The van der Waals surface area contributed by atoms with Crippen molar-refractivity contribution >= 4 is 22.5 Å². The molecule has 0 unspecified atom stereocenters. The van der Waals surface area contributed by atoms with Crippen LogP contribution in [-0.2, 0) is 19.4 Å². The van der Waals surface area contributed by atoms with Gasteiger partial charge in [-0.25, -0.2) is 0 Å². The Hall–Kier alpha value is -1.12. The molecule has 0 spiro atoms. The van der Waals surface area contributed by atoms with Gasteiger partial charge in [-0.1, -0.05) is 37.6 Å². The molecule has 3 heteroatoms. The molecule has 0 bridgehead atoms. The fourth-order valence-electron chi connectivity index (χ4n) is 3.20. The second-order valence-electron chi connectivity index (χ2n) is 6.38. The van der Waals surface area contributed by atoms with Gasteiger partial charge in [-0.3, -0.25) is 4.98 Å². The van der Waals surface area contributed by atoms with Crippen molar-refractivity contribution in [1.29, 1.82) is 0 Å². The molecule has 0 atom stereocenters. The number of nitrogens with one attached hydrogen (secondary N) is 1. The Balaban J connectivity index is 2.07. The molecule has 1 aliphatic rings. The van der Waals surface area contributed by atoms with Crippen LogP contribution in [0.1, 0.15) is 43.5 Å². The SMILES string of the molecule is CC(C)CNCc1c2c(nc3c(Cl)cccc13)CCCC2. The number of hydrogen-bond donors (Lipinski definition) is 1. The van der Waals surface area contributed by atoms with Crippen molar-refractivity contribution in [3.8, 4) is 0 Å². The van der Waals surface area contributed by atoms with E-state index in [0.29, 0.717) is 5.92 Å². The zero-order chi connectivity index (χ0) is 14.8. The second kappa shape index (κ2) is 6.33. The van der Waals surface area contributed by atoms with Crippen LogP contribution in [0.5, 0.6) is 0 Å². The second-order valence-corrected chi connectivity index (χ2v) is 6.79. The van der Waals surface area contributed by atoms with Gasteiger partial charge in [0.2, 0.25) is 0 Å². The van der Waals surface area contributed by atoms with Crippen molar-refractivity contribution in [1.82, 2.24) is 10.3 Å². The summed E-state index contributed by atoms with van der Waals surface area (Å²) >= 11 is 6.37. The summed E-state index contributed by atoms with van der Waals surface area (Å²) in [4.78, 5) is 4.86. The maximum atomic E-state index is 6.37. The van der Waals surface area contributed by atoms with E-state index in [1.165, 1.54) is 35.0 Å². The Morgan fingerprint density at radius 1 is 1.24 bits per heavy atom. The van der Waals surface area contributed by atoms with Gasteiger partial charge >= 0.3 is 0 Å². The predicted octanol–water partition coefficient (Wildman–Crippen LogP) is 4.51. The highest BCUT2D eigenvalue weighted by Crippen LogP contribution is 2.32. The number of pyridine rings is 1. The fourth-order valence-corrected chi connectivity index (χ4v) is 3.41. The number of rotatable bonds is 4. The van der Waals surface area contributed by atoms with Crippen LogP contribution in [0.25, 0.3) is 10.9 Å². The lowest BCUT2D eigenvalue weighted by molar-refractivity contribution is 0.549. The molecule has 3 rings (SSSR count). The third-order valence-corrected chi connectivity index (χ3v) is 4.52.